The highest BCUT2D eigenvalue weighted by molar-refractivity contribution is 5.91. The van der Waals surface area contributed by atoms with Crippen LogP contribution in [0.4, 0.5) is 4.79 Å². The normalized spacial score (nSPS) is 10.4. The first kappa shape index (κ1) is 17.9. The minimum Gasteiger partial charge on any atom is -0.463 e. The lowest BCUT2D eigenvalue weighted by molar-refractivity contribution is -0.140. The van der Waals surface area contributed by atoms with E-state index in [9.17, 15) is 14.4 Å². The maximum absolute atomic E-state index is 11.2. The Labute approximate surface area is 118 Å². The maximum Gasteiger partial charge on any atom is 0.407 e. The molecule has 0 saturated heterocycles. The Hall–Kier alpha value is -2.05. The number of esters is 2. The third kappa shape index (κ3) is 11.1. The van der Waals surface area contributed by atoms with Crippen LogP contribution in [-0.2, 0) is 23.8 Å². The molecule has 1 amide bonds. The van der Waals surface area contributed by atoms with Crippen LogP contribution in [-0.4, -0.2) is 43.9 Å². The fourth-order valence-corrected chi connectivity index (χ4v) is 1.07. The van der Waals surface area contributed by atoms with E-state index in [2.05, 4.69) is 10.1 Å². The van der Waals surface area contributed by atoms with Crippen LogP contribution in [0.15, 0.2) is 12.2 Å². The van der Waals surface area contributed by atoms with Gasteiger partial charge in [-0.25, -0.2) is 14.4 Å². The quantitative estimate of drug-likeness (QED) is 0.312. The van der Waals surface area contributed by atoms with Gasteiger partial charge in [-0.05, 0) is 27.2 Å². The molecular formula is C13H21NO6. The van der Waals surface area contributed by atoms with E-state index >= 15 is 0 Å². The van der Waals surface area contributed by atoms with Crippen molar-refractivity contribution in [2.45, 2.75) is 33.3 Å². The molecule has 0 aromatic heterocycles. The summed E-state index contributed by atoms with van der Waals surface area (Å²) >= 11 is 0. The number of carbonyl (C=O) groups is 3. The van der Waals surface area contributed by atoms with Gasteiger partial charge in [0, 0.05) is 18.7 Å². The molecule has 0 atom stereocenters. The van der Waals surface area contributed by atoms with Crippen molar-refractivity contribution in [1.82, 2.24) is 5.32 Å². The molecule has 0 fully saturated rings. The second kappa shape index (κ2) is 10.8. The van der Waals surface area contributed by atoms with E-state index in [1.165, 1.54) is 0 Å². The molecule has 0 spiro atoms. The van der Waals surface area contributed by atoms with E-state index in [0.717, 1.165) is 12.2 Å². The predicted molar refractivity (Wildman–Crippen MR) is 71.0 cm³/mol. The Kier molecular flexibility index (Phi) is 9.72. The zero-order valence-electron chi connectivity index (χ0n) is 12.0. The molecule has 0 aliphatic heterocycles. The Morgan fingerprint density at radius 3 is 2.25 bits per heavy atom. The standard InChI is InChI=1S/C13H21NO6/c1-4-18-11(15)6-7-12(16)19-9-5-8-14-13(17)20-10(2)3/h6-7,10H,4-5,8-9H2,1-3H3,(H,14,17)/b7-6+. The molecule has 114 valence electrons. The van der Waals surface area contributed by atoms with Gasteiger partial charge >= 0.3 is 18.0 Å². The third-order valence-corrected chi connectivity index (χ3v) is 1.82. The lowest BCUT2D eigenvalue weighted by atomic mass is 10.4. The zero-order valence-corrected chi connectivity index (χ0v) is 12.0. The highest BCUT2D eigenvalue weighted by Crippen LogP contribution is 1.90. The summed E-state index contributed by atoms with van der Waals surface area (Å²) in [5.74, 6) is -1.23. The van der Waals surface area contributed by atoms with E-state index in [4.69, 9.17) is 9.47 Å². The summed E-state index contributed by atoms with van der Waals surface area (Å²) in [7, 11) is 0. The fourth-order valence-electron chi connectivity index (χ4n) is 1.07. The number of amides is 1. The minimum atomic E-state index is -0.636. The van der Waals surface area contributed by atoms with Crippen LogP contribution in [0.5, 0.6) is 0 Å². The van der Waals surface area contributed by atoms with Crippen LogP contribution in [0.25, 0.3) is 0 Å². The molecule has 0 aliphatic carbocycles. The van der Waals surface area contributed by atoms with E-state index < -0.39 is 18.0 Å². The summed E-state index contributed by atoms with van der Waals surface area (Å²) in [5, 5.41) is 2.51. The summed E-state index contributed by atoms with van der Waals surface area (Å²) < 4.78 is 14.3. The highest BCUT2D eigenvalue weighted by Gasteiger charge is 2.04. The van der Waals surface area contributed by atoms with Gasteiger partial charge in [0.1, 0.15) is 0 Å². The second-order valence-electron chi connectivity index (χ2n) is 3.99. The largest absolute Gasteiger partial charge is 0.463 e. The minimum absolute atomic E-state index is 0.133. The van der Waals surface area contributed by atoms with Crippen molar-refractivity contribution >= 4 is 18.0 Å². The molecule has 20 heavy (non-hydrogen) atoms. The molecule has 0 aromatic rings. The topological polar surface area (TPSA) is 90.9 Å². The molecule has 0 radical (unpaired) electrons. The smallest absolute Gasteiger partial charge is 0.407 e. The van der Waals surface area contributed by atoms with Crippen LogP contribution >= 0.6 is 0 Å². The molecule has 0 aromatic carbocycles. The zero-order chi connectivity index (χ0) is 15.4. The average molecular weight is 287 g/mol. The summed E-state index contributed by atoms with van der Waals surface area (Å²) in [6, 6.07) is 0. The molecule has 0 aliphatic rings. The molecule has 0 rings (SSSR count). The van der Waals surface area contributed by atoms with Gasteiger partial charge in [0.15, 0.2) is 0 Å². The van der Waals surface area contributed by atoms with E-state index in [-0.39, 0.29) is 19.3 Å². The molecular weight excluding hydrogens is 266 g/mol. The van der Waals surface area contributed by atoms with E-state index in [0.29, 0.717) is 13.0 Å². The van der Waals surface area contributed by atoms with Gasteiger partial charge in [-0.3, -0.25) is 0 Å². The van der Waals surface area contributed by atoms with Crippen molar-refractivity contribution in [3.05, 3.63) is 12.2 Å². The number of nitrogens with one attached hydrogen (secondary N) is 1. The first-order chi connectivity index (χ1) is 9.45. The maximum atomic E-state index is 11.2. The van der Waals surface area contributed by atoms with Crippen molar-refractivity contribution in [1.29, 1.82) is 0 Å². The Balaban J connectivity index is 3.62. The Bertz CT molecular complexity index is 351. The summed E-state index contributed by atoms with van der Waals surface area (Å²) in [4.78, 5) is 33.2. The number of rotatable bonds is 8. The summed E-state index contributed by atoms with van der Waals surface area (Å²) in [6.07, 6.45) is 1.77. The van der Waals surface area contributed by atoms with Gasteiger partial charge in [-0.2, -0.15) is 0 Å². The lowest BCUT2D eigenvalue weighted by Gasteiger charge is -2.09. The molecule has 7 nitrogen and oxygen atoms in total. The third-order valence-electron chi connectivity index (χ3n) is 1.82. The molecule has 7 heteroatoms. The number of carbonyl (C=O) groups excluding carboxylic acids is 3. The SMILES string of the molecule is CCOC(=O)/C=C/C(=O)OCCCNC(=O)OC(C)C. The first-order valence-electron chi connectivity index (χ1n) is 6.41. The summed E-state index contributed by atoms with van der Waals surface area (Å²) in [6.45, 7) is 5.88. The van der Waals surface area contributed by atoms with Crippen LogP contribution in [0.2, 0.25) is 0 Å². The number of hydrogen-bond acceptors (Lipinski definition) is 6. The van der Waals surface area contributed by atoms with Gasteiger partial charge in [-0.15, -0.1) is 0 Å². The molecule has 0 saturated carbocycles. The van der Waals surface area contributed by atoms with Gasteiger partial charge < -0.3 is 19.5 Å². The Morgan fingerprint density at radius 2 is 1.70 bits per heavy atom. The van der Waals surface area contributed by atoms with Crippen molar-refractivity contribution in [3.63, 3.8) is 0 Å². The fraction of sp³-hybridized carbons (Fsp3) is 0.615. The van der Waals surface area contributed by atoms with Gasteiger partial charge in [-0.1, -0.05) is 0 Å². The van der Waals surface area contributed by atoms with Crippen LogP contribution in [0.1, 0.15) is 27.2 Å². The van der Waals surface area contributed by atoms with Crippen molar-refractivity contribution in [3.8, 4) is 0 Å². The van der Waals surface area contributed by atoms with E-state index in [1.807, 2.05) is 0 Å². The van der Waals surface area contributed by atoms with Crippen molar-refractivity contribution in [2.24, 2.45) is 0 Å². The molecule has 0 bridgehead atoms. The van der Waals surface area contributed by atoms with E-state index in [1.54, 1.807) is 20.8 Å². The van der Waals surface area contributed by atoms with Crippen LogP contribution < -0.4 is 5.32 Å². The van der Waals surface area contributed by atoms with Gasteiger partial charge in [0.2, 0.25) is 0 Å². The number of ether oxygens (including phenoxy) is 3. The number of hydrogen-bond donors (Lipinski definition) is 1. The predicted octanol–water partition coefficient (Wildman–Crippen LogP) is 1.17. The molecule has 1 N–H and O–H groups in total. The molecule has 0 unspecified atom stereocenters. The molecule has 0 heterocycles. The first-order valence-corrected chi connectivity index (χ1v) is 6.41. The van der Waals surface area contributed by atoms with Crippen LogP contribution in [0.3, 0.4) is 0 Å². The van der Waals surface area contributed by atoms with Gasteiger partial charge in [0.25, 0.3) is 0 Å². The lowest BCUT2D eigenvalue weighted by Crippen LogP contribution is -2.28. The second-order valence-corrected chi connectivity index (χ2v) is 3.99. The average Bonchev–Trinajstić information content (AvgIpc) is 2.35. The van der Waals surface area contributed by atoms with Crippen LogP contribution in [0, 0.1) is 0 Å². The van der Waals surface area contributed by atoms with Crippen molar-refractivity contribution in [2.75, 3.05) is 19.8 Å². The Morgan fingerprint density at radius 1 is 1.10 bits per heavy atom. The van der Waals surface area contributed by atoms with Crippen molar-refractivity contribution < 1.29 is 28.6 Å². The summed E-state index contributed by atoms with van der Waals surface area (Å²) in [5.41, 5.74) is 0. The van der Waals surface area contributed by atoms with Gasteiger partial charge in [0.05, 0.1) is 19.3 Å². The number of alkyl carbamates (subject to hydrolysis) is 1. The highest BCUT2D eigenvalue weighted by atomic mass is 16.6. The monoisotopic (exact) mass is 287 g/mol.